The Morgan fingerprint density at radius 2 is 1.81 bits per heavy atom. The first-order valence-corrected chi connectivity index (χ1v) is 9.16. The maximum absolute atomic E-state index is 12.3. The quantitative estimate of drug-likeness (QED) is 0.728. The van der Waals surface area contributed by atoms with Crippen molar-refractivity contribution in [3.05, 3.63) is 50.8 Å². The van der Waals surface area contributed by atoms with Crippen LogP contribution in [0.1, 0.15) is 11.3 Å². The third kappa shape index (κ3) is 4.40. The second-order valence-electron chi connectivity index (χ2n) is 4.33. The van der Waals surface area contributed by atoms with Gasteiger partial charge in [0.25, 0.3) is 0 Å². The van der Waals surface area contributed by atoms with Crippen molar-refractivity contribution in [2.45, 2.75) is 18.0 Å². The zero-order valence-corrected chi connectivity index (χ0v) is 15.2. The van der Waals surface area contributed by atoms with E-state index < -0.39 is 10.0 Å². The monoisotopic (exact) mass is 436 g/mol. The van der Waals surface area contributed by atoms with Crippen molar-refractivity contribution in [1.29, 1.82) is 0 Å². The van der Waals surface area contributed by atoms with Gasteiger partial charge in [0, 0.05) is 17.1 Å². The van der Waals surface area contributed by atoms with E-state index in [1.165, 1.54) is 6.07 Å². The van der Waals surface area contributed by atoms with E-state index in [4.69, 9.17) is 4.42 Å². The summed E-state index contributed by atoms with van der Waals surface area (Å²) in [5, 5.41) is 2.90. The number of rotatable bonds is 6. The molecule has 0 bridgehead atoms. The average Bonchev–Trinajstić information content (AvgIpc) is 2.80. The van der Waals surface area contributed by atoms with Crippen LogP contribution in [0, 0.1) is 0 Å². The lowest BCUT2D eigenvalue weighted by Gasteiger charge is -2.05. The number of halogens is 2. The summed E-state index contributed by atoms with van der Waals surface area (Å²) in [5.74, 6) is 0.549. The lowest BCUT2D eigenvalue weighted by molar-refractivity contribution is 0.470. The Balaban J connectivity index is 2.12. The zero-order valence-electron chi connectivity index (χ0n) is 11.2. The number of nitrogens with one attached hydrogen (secondary N) is 2. The third-order valence-corrected chi connectivity index (χ3v) is 5.51. The molecule has 0 saturated heterocycles. The smallest absolute Gasteiger partial charge is 0.245 e. The Labute approximate surface area is 140 Å². The summed E-state index contributed by atoms with van der Waals surface area (Å²) in [7, 11) is -1.87. The highest BCUT2D eigenvalue weighted by molar-refractivity contribution is 9.10. The molecule has 1 aromatic heterocycles. The van der Waals surface area contributed by atoms with Gasteiger partial charge in [-0.1, -0.05) is 28.1 Å². The number of sulfonamides is 1. The molecule has 0 aliphatic rings. The minimum absolute atomic E-state index is 0.102. The lowest BCUT2D eigenvalue weighted by Crippen LogP contribution is -2.23. The van der Waals surface area contributed by atoms with Crippen molar-refractivity contribution in [2.75, 3.05) is 7.05 Å². The van der Waals surface area contributed by atoms with E-state index in [0.717, 1.165) is 10.0 Å². The molecule has 8 heteroatoms. The lowest BCUT2D eigenvalue weighted by atomic mass is 10.2. The first-order valence-electron chi connectivity index (χ1n) is 6.09. The van der Waals surface area contributed by atoms with E-state index in [2.05, 4.69) is 41.9 Å². The van der Waals surface area contributed by atoms with Gasteiger partial charge in [0.2, 0.25) is 10.0 Å². The molecule has 1 aromatic carbocycles. The van der Waals surface area contributed by atoms with Gasteiger partial charge in [-0.25, -0.2) is 13.1 Å². The molecule has 0 fully saturated rings. The van der Waals surface area contributed by atoms with E-state index in [9.17, 15) is 8.42 Å². The summed E-state index contributed by atoms with van der Waals surface area (Å²) in [4.78, 5) is 0.102. The minimum Gasteiger partial charge on any atom is -0.452 e. The van der Waals surface area contributed by atoms with Crippen molar-refractivity contribution in [1.82, 2.24) is 10.0 Å². The molecule has 0 aliphatic heterocycles. The van der Waals surface area contributed by atoms with Crippen LogP contribution >= 0.6 is 31.9 Å². The number of benzene rings is 1. The predicted octanol–water partition coefficient (Wildman–Crippen LogP) is 3.00. The van der Waals surface area contributed by atoms with Crippen molar-refractivity contribution >= 4 is 41.9 Å². The number of hydrogen-bond acceptors (Lipinski definition) is 4. The highest BCUT2D eigenvalue weighted by atomic mass is 79.9. The van der Waals surface area contributed by atoms with E-state index in [-0.39, 0.29) is 16.1 Å². The van der Waals surface area contributed by atoms with Gasteiger partial charge in [0.05, 0.1) is 6.54 Å². The van der Waals surface area contributed by atoms with Gasteiger partial charge in [-0.3, -0.25) is 0 Å². The van der Waals surface area contributed by atoms with Crippen LogP contribution in [0.4, 0.5) is 0 Å². The van der Waals surface area contributed by atoms with Crippen molar-refractivity contribution < 1.29 is 12.8 Å². The second-order valence-corrected chi connectivity index (χ2v) is 7.70. The highest BCUT2D eigenvalue weighted by Gasteiger charge is 2.22. The molecule has 0 amide bonds. The minimum atomic E-state index is -3.63. The predicted molar refractivity (Wildman–Crippen MR) is 87.3 cm³/mol. The summed E-state index contributed by atoms with van der Waals surface area (Å²) in [6.45, 7) is 0.676. The van der Waals surface area contributed by atoms with Gasteiger partial charge in [-0.15, -0.1) is 0 Å². The molecular formula is C13H14Br2N2O3S. The number of furan rings is 1. The van der Waals surface area contributed by atoms with Gasteiger partial charge in [-0.2, -0.15) is 0 Å². The Bertz CT molecular complexity index is 712. The van der Waals surface area contributed by atoms with Gasteiger partial charge in [0.1, 0.15) is 10.7 Å². The number of hydrogen-bond donors (Lipinski definition) is 2. The van der Waals surface area contributed by atoms with Crippen molar-refractivity contribution in [3.8, 4) is 0 Å². The van der Waals surface area contributed by atoms with Crippen LogP contribution in [0.25, 0.3) is 0 Å². The Hall–Kier alpha value is -0.670. The zero-order chi connectivity index (χ0) is 15.5. The molecule has 2 aromatic rings. The van der Waals surface area contributed by atoms with Crippen LogP contribution in [0.5, 0.6) is 0 Å². The maximum atomic E-state index is 12.3. The largest absolute Gasteiger partial charge is 0.452 e. The summed E-state index contributed by atoms with van der Waals surface area (Å²) in [5.41, 5.74) is 0.872. The molecule has 0 atom stereocenters. The van der Waals surface area contributed by atoms with Crippen molar-refractivity contribution in [3.63, 3.8) is 0 Å². The molecule has 21 heavy (non-hydrogen) atoms. The molecule has 0 saturated carbocycles. The molecule has 1 heterocycles. The van der Waals surface area contributed by atoms with E-state index in [1.807, 2.05) is 24.3 Å². The van der Waals surface area contributed by atoms with Crippen molar-refractivity contribution in [2.24, 2.45) is 0 Å². The first-order chi connectivity index (χ1) is 9.92. The molecular weight excluding hydrogens is 424 g/mol. The highest BCUT2D eigenvalue weighted by Crippen LogP contribution is 2.26. The maximum Gasteiger partial charge on any atom is 0.245 e. The normalized spacial score (nSPS) is 11.8. The average molecular weight is 438 g/mol. The molecule has 0 aliphatic carbocycles. The van der Waals surface area contributed by atoms with Crippen LogP contribution in [-0.2, 0) is 23.1 Å². The van der Waals surface area contributed by atoms with Gasteiger partial charge in [0.15, 0.2) is 4.67 Å². The molecule has 0 unspecified atom stereocenters. The Morgan fingerprint density at radius 1 is 1.14 bits per heavy atom. The Kier molecular flexibility index (Phi) is 5.61. The summed E-state index contributed by atoms with van der Waals surface area (Å²) >= 11 is 6.48. The molecule has 114 valence electrons. The van der Waals surface area contributed by atoms with E-state index >= 15 is 0 Å². The summed E-state index contributed by atoms with van der Waals surface area (Å²) in [6, 6.07) is 8.93. The molecule has 2 rings (SSSR count). The van der Waals surface area contributed by atoms with Gasteiger partial charge < -0.3 is 9.73 Å². The SMILES string of the molecule is CNCc1cc(S(=O)(=O)NCc2ccc(Br)cc2)c(Br)o1. The fourth-order valence-corrected chi connectivity index (χ4v) is 3.98. The van der Waals surface area contributed by atoms with E-state index in [1.54, 1.807) is 7.05 Å². The molecule has 2 N–H and O–H groups in total. The second kappa shape index (κ2) is 7.06. The van der Waals surface area contributed by atoms with Crippen LogP contribution in [0.2, 0.25) is 0 Å². The summed E-state index contributed by atoms with van der Waals surface area (Å²) < 4.78 is 33.6. The van der Waals surface area contributed by atoms with E-state index in [0.29, 0.717) is 12.3 Å². The van der Waals surface area contributed by atoms with Gasteiger partial charge in [-0.05, 0) is 40.7 Å². The molecule has 0 spiro atoms. The fraction of sp³-hybridized carbons (Fsp3) is 0.231. The first kappa shape index (κ1) is 16.7. The van der Waals surface area contributed by atoms with Crippen LogP contribution in [-0.4, -0.2) is 15.5 Å². The van der Waals surface area contributed by atoms with Crippen LogP contribution in [0.3, 0.4) is 0 Å². The Morgan fingerprint density at radius 3 is 2.43 bits per heavy atom. The summed E-state index contributed by atoms with van der Waals surface area (Å²) in [6.07, 6.45) is 0. The molecule has 5 nitrogen and oxygen atoms in total. The van der Waals surface area contributed by atoms with Crippen LogP contribution in [0.15, 0.2) is 48.8 Å². The fourth-order valence-electron chi connectivity index (χ4n) is 1.70. The van der Waals surface area contributed by atoms with Gasteiger partial charge >= 0.3 is 0 Å². The third-order valence-electron chi connectivity index (χ3n) is 2.73. The van der Waals surface area contributed by atoms with Crippen LogP contribution < -0.4 is 10.0 Å². The topological polar surface area (TPSA) is 71.3 Å². The standard InChI is InChI=1S/C13H14Br2N2O3S/c1-16-8-11-6-12(13(15)20-11)21(18,19)17-7-9-2-4-10(14)5-3-9/h2-6,16-17H,7-8H2,1H3. The molecule has 0 radical (unpaired) electrons.